The van der Waals surface area contributed by atoms with Gasteiger partial charge in [0.1, 0.15) is 0 Å². The molecular weight excluding hydrogens is 236 g/mol. The van der Waals surface area contributed by atoms with Gasteiger partial charge in [0, 0.05) is 11.5 Å². The monoisotopic (exact) mass is 242 g/mol. The quantitative estimate of drug-likeness (QED) is 0.758. The number of ketones is 2. The largest absolute Gasteiger partial charge is 0.504 e. The lowest BCUT2D eigenvalue weighted by molar-refractivity contribution is 0.0922. The number of benzene rings is 1. The molecule has 1 heterocycles. The van der Waals surface area contributed by atoms with Crippen molar-refractivity contribution in [3.8, 4) is 0 Å². The van der Waals surface area contributed by atoms with Crippen LogP contribution < -0.4 is 5.63 Å². The summed E-state index contributed by atoms with van der Waals surface area (Å²) in [6, 6.07) is 6.29. The van der Waals surface area contributed by atoms with Gasteiger partial charge < -0.3 is 9.52 Å². The van der Waals surface area contributed by atoms with Crippen LogP contribution in [0.3, 0.4) is 0 Å². The van der Waals surface area contributed by atoms with Gasteiger partial charge in [-0.2, -0.15) is 0 Å². The number of Topliss-reactive ketones (excluding diaryl/α,β-unsaturated/α-hetero) is 1. The molecule has 0 radical (unpaired) electrons. The molecule has 0 spiro atoms. The summed E-state index contributed by atoms with van der Waals surface area (Å²) in [6.45, 7) is 0. The molecule has 0 aliphatic heterocycles. The van der Waals surface area contributed by atoms with Gasteiger partial charge in [0.25, 0.3) is 0 Å². The molecule has 0 amide bonds. The third-order valence-electron chi connectivity index (χ3n) is 2.79. The molecule has 0 atom stereocenters. The van der Waals surface area contributed by atoms with Gasteiger partial charge >= 0.3 is 5.63 Å². The molecule has 0 fully saturated rings. The Morgan fingerprint density at radius 1 is 1.00 bits per heavy atom. The predicted molar refractivity (Wildman–Crippen MR) is 61.9 cm³/mol. The van der Waals surface area contributed by atoms with Crippen molar-refractivity contribution < 1.29 is 19.1 Å². The zero-order valence-corrected chi connectivity index (χ0v) is 8.97. The molecule has 1 N–H and O–H groups in total. The van der Waals surface area contributed by atoms with Gasteiger partial charge in [-0.15, -0.1) is 0 Å². The molecule has 1 aliphatic carbocycles. The summed E-state index contributed by atoms with van der Waals surface area (Å²) < 4.78 is 4.86. The molecule has 88 valence electrons. The summed E-state index contributed by atoms with van der Waals surface area (Å²) in [4.78, 5) is 35.1. The Balaban J connectivity index is 2.54. The number of allylic oxidation sites excluding steroid dienone is 2. The highest BCUT2D eigenvalue weighted by molar-refractivity contribution is 6.26. The smallest absolute Gasteiger partial charge is 0.344 e. The second-order valence-corrected chi connectivity index (χ2v) is 3.86. The number of fused-ring (bicyclic) bond motifs is 3. The van der Waals surface area contributed by atoms with E-state index in [4.69, 9.17) is 4.42 Å². The number of carbonyl (C=O) groups excluding carboxylic acids is 2. The molecule has 0 bridgehead atoms. The SMILES string of the molecule is O=C1C=C(O)C(=O)c2c1oc(=O)c1ccccc21. The average molecular weight is 242 g/mol. The van der Waals surface area contributed by atoms with Crippen LogP contribution in [0.15, 0.2) is 45.3 Å². The van der Waals surface area contributed by atoms with E-state index >= 15 is 0 Å². The fraction of sp³-hybridized carbons (Fsp3) is 0. The van der Waals surface area contributed by atoms with Crippen molar-refractivity contribution in [2.24, 2.45) is 0 Å². The van der Waals surface area contributed by atoms with Crippen LogP contribution in [0.2, 0.25) is 0 Å². The fourth-order valence-corrected chi connectivity index (χ4v) is 1.98. The number of aliphatic hydroxyl groups excluding tert-OH is 1. The maximum atomic E-state index is 11.9. The number of carbonyl (C=O) groups is 2. The maximum Gasteiger partial charge on any atom is 0.344 e. The zero-order chi connectivity index (χ0) is 12.9. The molecule has 0 saturated heterocycles. The van der Waals surface area contributed by atoms with Crippen molar-refractivity contribution in [2.75, 3.05) is 0 Å². The molecule has 0 unspecified atom stereocenters. The molecular formula is C13H6O5. The van der Waals surface area contributed by atoms with E-state index in [1.54, 1.807) is 12.1 Å². The number of aliphatic hydroxyl groups is 1. The molecule has 2 aromatic rings. The second kappa shape index (κ2) is 3.40. The summed E-state index contributed by atoms with van der Waals surface area (Å²) in [5.41, 5.74) is -0.740. The van der Waals surface area contributed by atoms with Crippen molar-refractivity contribution in [3.63, 3.8) is 0 Å². The first-order chi connectivity index (χ1) is 8.59. The van der Waals surface area contributed by atoms with E-state index in [1.807, 2.05) is 0 Å². The van der Waals surface area contributed by atoms with Crippen LogP contribution in [0.5, 0.6) is 0 Å². The fourth-order valence-electron chi connectivity index (χ4n) is 1.98. The lowest BCUT2D eigenvalue weighted by atomic mass is 9.95. The molecule has 5 heteroatoms. The number of hydrogen-bond donors (Lipinski definition) is 1. The van der Waals surface area contributed by atoms with E-state index in [0.717, 1.165) is 6.08 Å². The van der Waals surface area contributed by atoms with Gasteiger partial charge in [-0.1, -0.05) is 18.2 Å². The van der Waals surface area contributed by atoms with E-state index in [0.29, 0.717) is 5.39 Å². The van der Waals surface area contributed by atoms with E-state index in [-0.39, 0.29) is 16.7 Å². The first kappa shape index (κ1) is 10.5. The predicted octanol–water partition coefficient (Wildman–Crippen LogP) is 1.61. The third-order valence-corrected chi connectivity index (χ3v) is 2.79. The maximum absolute atomic E-state index is 11.9. The highest BCUT2D eigenvalue weighted by Crippen LogP contribution is 2.26. The van der Waals surface area contributed by atoms with Crippen LogP contribution in [0.4, 0.5) is 0 Å². The summed E-state index contributed by atoms with van der Waals surface area (Å²) >= 11 is 0. The van der Waals surface area contributed by atoms with Crippen molar-refractivity contribution in [1.82, 2.24) is 0 Å². The third kappa shape index (κ3) is 1.24. The summed E-state index contributed by atoms with van der Waals surface area (Å²) in [6.07, 6.45) is 0.752. The Morgan fingerprint density at radius 2 is 1.67 bits per heavy atom. The van der Waals surface area contributed by atoms with E-state index in [9.17, 15) is 19.5 Å². The van der Waals surface area contributed by atoms with Crippen LogP contribution >= 0.6 is 0 Å². The van der Waals surface area contributed by atoms with E-state index in [2.05, 4.69) is 0 Å². The standard InChI is InChI=1S/C13H6O5/c14-8-5-9(15)12-10(11(8)16)6-3-1-2-4-7(6)13(17)18-12/h1-5,14H. The zero-order valence-electron chi connectivity index (χ0n) is 8.97. The highest BCUT2D eigenvalue weighted by atomic mass is 16.4. The van der Waals surface area contributed by atoms with Crippen LogP contribution in [-0.4, -0.2) is 16.7 Å². The Kier molecular flexibility index (Phi) is 1.98. The van der Waals surface area contributed by atoms with Crippen LogP contribution in [0, 0.1) is 0 Å². The molecule has 1 aliphatic rings. The number of rotatable bonds is 0. The van der Waals surface area contributed by atoms with E-state index < -0.39 is 23.0 Å². The normalized spacial score (nSPS) is 14.6. The first-order valence-electron chi connectivity index (χ1n) is 5.15. The Bertz CT molecular complexity index is 795. The van der Waals surface area contributed by atoms with Gasteiger partial charge in [-0.3, -0.25) is 9.59 Å². The van der Waals surface area contributed by atoms with Gasteiger partial charge in [0.2, 0.25) is 11.6 Å². The molecule has 18 heavy (non-hydrogen) atoms. The van der Waals surface area contributed by atoms with Gasteiger partial charge in [-0.25, -0.2) is 4.79 Å². The van der Waals surface area contributed by atoms with Crippen LogP contribution in [-0.2, 0) is 0 Å². The van der Waals surface area contributed by atoms with E-state index in [1.165, 1.54) is 12.1 Å². The van der Waals surface area contributed by atoms with Crippen LogP contribution in [0.25, 0.3) is 10.8 Å². The van der Waals surface area contributed by atoms with Crippen molar-refractivity contribution in [2.45, 2.75) is 0 Å². The minimum atomic E-state index is -0.718. The number of hydrogen-bond acceptors (Lipinski definition) is 5. The molecule has 0 saturated carbocycles. The lowest BCUT2D eigenvalue weighted by Gasteiger charge is -2.11. The molecule has 1 aromatic heterocycles. The molecule has 1 aromatic carbocycles. The van der Waals surface area contributed by atoms with Crippen LogP contribution in [0.1, 0.15) is 20.9 Å². The van der Waals surface area contributed by atoms with Crippen molar-refractivity contribution in [3.05, 3.63) is 57.8 Å². The van der Waals surface area contributed by atoms with Crippen molar-refractivity contribution in [1.29, 1.82) is 0 Å². The first-order valence-corrected chi connectivity index (χ1v) is 5.15. The summed E-state index contributed by atoms with van der Waals surface area (Å²) in [5, 5.41) is 9.90. The lowest BCUT2D eigenvalue weighted by Crippen LogP contribution is -2.20. The van der Waals surface area contributed by atoms with Gasteiger partial charge in [-0.05, 0) is 6.07 Å². The highest BCUT2D eigenvalue weighted by Gasteiger charge is 2.30. The Morgan fingerprint density at radius 3 is 2.39 bits per heavy atom. The Labute approximate surface area is 100.0 Å². The van der Waals surface area contributed by atoms with Crippen molar-refractivity contribution >= 4 is 22.3 Å². The van der Waals surface area contributed by atoms with Gasteiger partial charge in [0.15, 0.2) is 11.5 Å². The van der Waals surface area contributed by atoms with Gasteiger partial charge in [0.05, 0.1) is 10.9 Å². The summed E-state index contributed by atoms with van der Waals surface area (Å²) in [7, 11) is 0. The summed E-state index contributed by atoms with van der Waals surface area (Å²) in [5.74, 6) is -2.37. The second-order valence-electron chi connectivity index (χ2n) is 3.86. The Hall–Kier alpha value is -2.69. The minimum absolute atomic E-state index is 0.0600. The topological polar surface area (TPSA) is 84.6 Å². The molecule has 3 rings (SSSR count). The molecule has 5 nitrogen and oxygen atoms in total. The minimum Gasteiger partial charge on any atom is -0.504 e. The average Bonchev–Trinajstić information content (AvgIpc) is 2.36.